The lowest BCUT2D eigenvalue weighted by molar-refractivity contribution is -0.121. The number of fused-ring (bicyclic) bond motifs is 1. The first-order valence-corrected chi connectivity index (χ1v) is 6.25. The van der Waals surface area contributed by atoms with Crippen LogP contribution in [0.2, 0.25) is 0 Å². The number of rotatable bonds is 4. The Balaban J connectivity index is 1.91. The number of hydrogen-bond acceptors (Lipinski definition) is 5. The van der Waals surface area contributed by atoms with Gasteiger partial charge in [0.2, 0.25) is 12.7 Å². The SMILES string of the molecule is CNC(=O)NC(=O)C(C)NCc1cccc2c1OCO2. The largest absolute Gasteiger partial charge is 0.454 e. The molecule has 0 fully saturated rings. The number of carbonyl (C=O) groups is 2. The Morgan fingerprint density at radius 2 is 2.15 bits per heavy atom. The smallest absolute Gasteiger partial charge is 0.321 e. The molecular weight excluding hydrogens is 262 g/mol. The molecule has 0 saturated heterocycles. The second-order valence-corrected chi connectivity index (χ2v) is 4.32. The predicted molar refractivity (Wildman–Crippen MR) is 71.5 cm³/mol. The first-order chi connectivity index (χ1) is 9.61. The summed E-state index contributed by atoms with van der Waals surface area (Å²) in [5, 5.41) is 7.56. The first-order valence-electron chi connectivity index (χ1n) is 6.25. The van der Waals surface area contributed by atoms with E-state index in [4.69, 9.17) is 9.47 Å². The topological polar surface area (TPSA) is 88.7 Å². The summed E-state index contributed by atoms with van der Waals surface area (Å²) in [5.41, 5.74) is 0.902. The zero-order chi connectivity index (χ0) is 14.5. The number of carbonyl (C=O) groups excluding carboxylic acids is 2. The van der Waals surface area contributed by atoms with E-state index in [0.717, 1.165) is 5.56 Å². The Kier molecular flexibility index (Phi) is 4.41. The van der Waals surface area contributed by atoms with Crippen LogP contribution in [-0.2, 0) is 11.3 Å². The summed E-state index contributed by atoms with van der Waals surface area (Å²) >= 11 is 0. The molecule has 0 radical (unpaired) electrons. The minimum Gasteiger partial charge on any atom is -0.454 e. The highest BCUT2D eigenvalue weighted by Crippen LogP contribution is 2.35. The second-order valence-electron chi connectivity index (χ2n) is 4.32. The second kappa shape index (κ2) is 6.25. The third-order valence-corrected chi connectivity index (χ3v) is 2.93. The molecule has 0 aliphatic carbocycles. The summed E-state index contributed by atoms with van der Waals surface area (Å²) in [5.74, 6) is 1.000. The van der Waals surface area contributed by atoms with Gasteiger partial charge in [0, 0.05) is 19.2 Å². The maximum absolute atomic E-state index is 11.7. The van der Waals surface area contributed by atoms with Crippen LogP contribution in [0.15, 0.2) is 18.2 Å². The number of hydrogen-bond donors (Lipinski definition) is 3. The van der Waals surface area contributed by atoms with Crippen molar-refractivity contribution < 1.29 is 19.1 Å². The fraction of sp³-hybridized carbons (Fsp3) is 0.385. The van der Waals surface area contributed by atoms with Crippen LogP contribution in [0.5, 0.6) is 11.5 Å². The molecule has 1 aromatic carbocycles. The van der Waals surface area contributed by atoms with Crippen LogP contribution in [0.3, 0.4) is 0 Å². The van der Waals surface area contributed by atoms with Gasteiger partial charge in [-0.25, -0.2) is 4.79 Å². The Morgan fingerprint density at radius 3 is 2.90 bits per heavy atom. The quantitative estimate of drug-likeness (QED) is 0.740. The summed E-state index contributed by atoms with van der Waals surface area (Å²) in [4.78, 5) is 22.7. The van der Waals surface area contributed by atoms with Crippen LogP contribution in [0.4, 0.5) is 4.79 Å². The molecule has 1 atom stereocenters. The molecule has 1 heterocycles. The Hall–Kier alpha value is -2.28. The van der Waals surface area contributed by atoms with E-state index in [0.29, 0.717) is 18.0 Å². The Labute approximate surface area is 116 Å². The molecule has 2 rings (SSSR count). The van der Waals surface area contributed by atoms with Crippen LogP contribution in [0.1, 0.15) is 12.5 Å². The van der Waals surface area contributed by atoms with E-state index in [9.17, 15) is 9.59 Å². The molecule has 1 unspecified atom stereocenters. The van der Waals surface area contributed by atoms with Gasteiger partial charge < -0.3 is 20.1 Å². The van der Waals surface area contributed by atoms with Crippen LogP contribution in [-0.4, -0.2) is 31.8 Å². The zero-order valence-corrected chi connectivity index (χ0v) is 11.4. The minimum absolute atomic E-state index is 0.207. The van der Waals surface area contributed by atoms with Crippen molar-refractivity contribution in [2.75, 3.05) is 13.8 Å². The summed E-state index contributed by atoms with van der Waals surface area (Å²) in [6.45, 7) is 2.33. The highest BCUT2D eigenvalue weighted by Gasteiger charge is 2.19. The first kappa shape index (κ1) is 14.1. The van der Waals surface area contributed by atoms with Crippen molar-refractivity contribution in [2.45, 2.75) is 19.5 Å². The van der Waals surface area contributed by atoms with Crippen LogP contribution >= 0.6 is 0 Å². The van der Waals surface area contributed by atoms with Gasteiger partial charge in [-0.1, -0.05) is 12.1 Å². The van der Waals surface area contributed by atoms with Crippen molar-refractivity contribution in [1.29, 1.82) is 0 Å². The molecular formula is C13H17N3O4. The van der Waals surface area contributed by atoms with E-state index in [-0.39, 0.29) is 6.79 Å². The number of amides is 3. The van der Waals surface area contributed by atoms with Gasteiger partial charge in [0.15, 0.2) is 11.5 Å². The summed E-state index contributed by atoms with van der Waals surface area (Å²) < 4.78 is 10.7. The molecule has 0 saturated carbocycles. The monoisotopic (exact) mass is 279 g/mol. The maximum Gasteiger partial charge on any atom is 0.321 e. The highest BCUT2D eigenvalue weighted by atomic mass is 16.7. The molecule has 1 aliphatic rings. The van der Waals surface area contributed by atoms with Crippen LogP contribution < -0.4 is 25.4 Å². The maximum atomic E-state index is 11.7. The van der Waals surface area contributed by atoms with Crippen molar-refractivity contribution in [3.63, 3.8) is 0 Å². The minimum atomic E-state index is -0.527. The summed E-state index contributed by atoms with van der Waals surface area (Å²) in [7, 11) is 1.45. The van der Waals surface area contributed by atoms with Gasteiger partial charge in [-0.05, 0) is 13.0 Å². The zero-order valence-electron chi connectivity index (χ0n) is 11.4. The number of ether oxygens (including phenoxy) is 2. The van der Waals surface area contributed by atoms with Crippen molar-refractivity contribution >= 4 is 11.9 Å². The van der Waals surface area contributed by atoms with Crippen molar-refractivity contribution in [2.24, 2.45) is 0 Å². The molecule has 7 heteroatoms. The molecule has 0 bridgehead atoms. The van der Waals surface area contributed by atoms with Gasteiger partial charge in [-0.2, -0.15) is 0 Å². The van der Waals surface area contributed by atoms with Crippen LogP contribution in [0.25, 0.3) is 0 Å². The molecule has 108 valence electrons. The normalized spacial score (nSPS) is 13.7. The van der Waals surface area contributed by atoms with E-state index < -0.39 is 18.0 Å². The lowest BCUT2D eigenvalue weighted by Crippen LogP contribution is -2.47. The van der Waals surface area contributed by atoms with E-state index in [1.165, 1.54) is 7.05 Å². The standard InChI is InChI=1S/C13H17N3O4/c1-8(12(17)16-13(18)14-2)15-6-9-4-3-5-10-11(9)20-7-19-10/h3-5,8,15H,6-7H2,1-2H3,(H2,14,16,17,18). The number of urea groups is 1. The fourth-order valence-electron chi connectivity index (χ4n) is 1.77. The lowest BCUT2D eigenvalue weighted by Gasteiger charge is -2.14. The van der Waals surface area contributed by atoms with E-state index in [1.54, 1.807) is 6.92 Å². The molecule has 7 nitrogen and oxygen atoms in total. The molecule has 0 aromatic heterocycles. The van der Waals surface area contributed by atoms with Gasteiger partial charge in [-0.15, -0.1) is 0 Å². The number of nitrogens with one attached hydrogen (secondary N) is 3. The van der Waals surface area contributed by atoms with Crippen molar-refractivity contribution in [1.82, 2.24) is 16.0 Å². The average Bonchev–Trinajstić information content (AvgIpc) is 2.93. The fourth-order valence-corrected chi connectivity index (χ4v) is 1.77. The van der Waals surface area contributed by atoms with E-state index >= 15 is 0 Å². The van der Waals surface area contributed by atoms with Gasteiger partial charge in [0.25, 0.3) is 0 Å². The Bertz CT molecular complexity index is 518. The van der Waals surface area contributed by atoms with Gasteiger partial charge in [-0.3, -0.25) is 10.1 Å². The Morgan fingerprint density at radius 1 is 1.35 bits per heavy atom. The number of benzene rings is 1. The predicted octanol–water partition coefficient (Wildman–Crippen LogP) is 0.349. The molecule has 20 heavy (non-hydrogen) atoms. The molecule has 3 N–H and O–H groups in total. The summed E-state index contributed by atoms with van der Waals surface area (Å²) in [6.07, 6.45) is 0. The highest BCUT2D eigenvalue weighted by molar-refractivity contribution is 5.96. The molecule has 3 amide bonds. The van der Waals surface area contributed by atoms with E-state index in [2.05, 4.69) is 16.0 Å². The van der Waals surface area contributed by atoms with Gasteiger partial charge >= 0.3 is 6.03 Å². The average molecular weight is 279 g/mol. The van der Waals surface area contributed by atoms with E-state index in [1.807, 2.05) is 18.2 Å². The summed E-state index contributed by atoms with van der Waals surface area (Å²) in [6, 6.07) is 4.54. The van der Waals surface area contributed by atoms with Gasteiger partial charge in [0.05, 0.1) is 6.04 Å². The number of imide groups is 1. The van der Waals surface area contributed by atoms with Crippen molar-refractivity contribution in [3.05, 3.63) is 23.8 Å². The molecule has 1 aromatic rings. The molecule has 0 spiro atoms. The van der Waals surface area contributed by atoms with Crippen LogP contribution in [0, 0.1) is 0 Å². The molecule has 1 aliphatic heterocycles. The van der Waals surface area contributed by atoms with Crippen molar-refractivity contribution in [3.8, 4) is 11.5 Å². The lowest BCUT2D eigenvalue weighted by atomic mass is 10.1. The number of para-hydroxylation sites is 1. The van der Waals surface area contributed by atoms with Gasteiger partial charge in [0.1, 0.15) is 0 Å². The third-order valence-electron chi connectivity index (χ3n) is 2.93. The third kappa shape index (κ3) is 3.18.